The summed E-state index contributed by atoms with van der Waals surface area (Å²) in [5.74, 6) is 0.657. The van der Waals surface area contributed by atoms with Crippen molar-refractivity contribution in [3.05, 3.63) is 33.8 Å². The molecule has 0 radical (unpaired) electrons. The van der Waals surface area contributed by atoms with Crippen LogP contribution < -0.4 is 5.32 Å². The van der Waals surface area contributed by atoms with Crippen LogP contribution in [0.5, 0.6) is 0 Å². The molecule has 1 N–H and O–H groups in total. The molecule has 1 saturated carbocycles. The second-order valence-electron chi connectivity index (χ2n) is 9.10. The molecule has 6 heteroatoms. The number of hydrogen-bond acceptors (Lipinski definition) is 2. The maximum Gasteiger partial charge on any atom is 0.317 e. The van der Waals surface area contributed by atoms with E-state index in [9.17, 15) is 4.79 Å². The van der Waals surface area contributed by atoms with Crippen LogP contribution in [-0.4, -0.2) is 54.1 Å². The Morgan fingerprint density at radius 1 is 0.966 bits per heavy atom. The molecule has 1 atom stereocenters. The average molecular weight is 438 g/mol. The van der Waals surface area contributed by atoms with Gasteiger partial charge in [0.1, 0.15) is 0 Å². The Kier molecular flexibility index (Phi) is 7.25. The molecular weight excluding hydrogens is 405 g/mol. The van der Waals surface area contributed by atoms with Crippen molar-refractivity contribution in [3.8, 4) is 0 Å². The first-order valence-electron chi connectivity index (χ1n) is 11.3. The van der Waals surface area contributed by atoms with Gasteiger partial charge in [-0.1, -0.05) is 42.5 Å². The Morgan fingerprint density at radius 2 is 1.72 bits per heavy atom. The molecule has 3 fully saturated rings. The molecule has 1 aromatic carbocycles. The summed E-state index contributed by atoms with van der Waals surface area (Å²) in [6, 6.07) is 6.69. The van der Waals surface area contributed by atoms with Gasteiger partial charge in [0.2, 0.25) is 0 Å². The number of piperidine rings is 1. The van der Waals surface area contributed by atoms with Crippen LogP contribution >= 0.6 is 23.2 Å². The van der Waals surface area contributed by atoms with Crippen molar-refractivity contribution >= 4 is 29.2 Å². The Balaban J connectivity index is 1.21. The quantitative estimate of drug-likeness (QED) is 0.672. The predicted octanol–water partition coefficient (Wildman–Crippen LogP) is 5.36. The first-order chi connectivity index (χ1) is 14.1. The number of benzene rings is 1. The lowest BCUT2D eigenvalue weighted by atomic mass is 9.90. The van der Waals surface area contributed by atoms with Crippen LogP contribution in [0.1, 0.15) is 56.9 Å². The minimum Gasteiger partial charge on any atom is -0.334 e. The highest BCUT2D eigenvalue weighted by atomic mass is 35.5. The Labute approximate surface area is 184 Å². The van der Waals surface area contributed by atoms with E-state index in [0.29, 0.717) is 18.0 Å². The largest absolute Gasteiger partial charge is 0.334 e. The van der Waals surface area contributed by atoms with E-state index in [1.54, 1.807) is 0 Å². The summed E-state index contributed by atoms with van der Waals surface area (Å²) in [6.07, 6.45) is 10.7. The van der Waals surface area contributed by atoms with Gasteiger partial charge in [0, 0.05) is 35.2 Å². The Hall–Kier alpha value is -0.970. The molecule has 0 aromatic heterocycles. The van der Waals surface area contributed by atoms with Crippen LogP contribution in [0.3, 0.4) is 0 Å². The summed E-state index contributed by atoms with van der Waals surface area (Å²) < 4.78 is 0. The van der Waals surface area contributed by atoms with Crippen LogP contribution in [0.25, 0.3) is 0 Å². The van der Waals surface area contributed by atoms with Crippen molar-refractivity contribution < 1.29 is 4.79 Å². The standard InChI is InChI=1S/C23H33Cl2N3O/c24-19-6-7-22(25)18(15-19)14-17-8-11-27(12-9-17)16-20-10-13-28(23(29)26-20)21-4-2-1-3-5-21/h6-7,15,17,20-21H,1-5,8-14,16H2,(H,26,29). The van der Waals surface area contributed by atoms with Crippen molar-refractivity contribution in [1.29, 1.82) is 0 Å². The topological polar surface area (TPSA) is 35.6 Å². The first-order valence-corrected chi connectivity index (χ1v) is 12.1. The average Bonchev–Trinajstić information content (AvgIpc) is 2.73. The normalized spacial score (nSPS) is 25.2. The van der Waals surface area contributed by atoms with E-state index in [1.165, 1.54) is 50.5 Å². The highest BCUT2D eigenvalue weighted by Crippen LogP contribution is 2.28. The highest BCUT2D eigenvalue weighted by molar-refractivity contribution is 6.33. The molecule has 2 saturated heterocycles. The van der Waals surface area contributed by atoms with E-state index in [2.05, 4.69) is 15.1 Å². The lowest BCUT2D eigenvalue weighted by Crippen LogP contribution is -2.58. The van der Waals surface area contributed by atoms with Crippen LogP contribution in [0, 0.1) is 5.92 Å². The molecule has 29 heavy (non-hydrogen) atoms. The van der Waals surface area contributed by atoms with E-state index in [4.69, 9.17) is 23.2 Å². The molecule has 2 heterocycles. The van der Waals surface area contributed by atoms with Gasteiger partial charge in [-0.2, -0.15) is 0 Å². The molecule has 1 aliphatic carbocycles. The number of rotatable bonds is 5. The van der Waals surface area contributed by atoms with Gasteiger partial charge in [-0.15, -0.1) is 0 Å². The molecule has 0 spiro atoms. The number of likely N-dealkylation sites (tertiary alicyclic amines) is 1. The van der Waals surface area contributed by atoms with E-state index in [0.717, 1.165) is 49.1 Å². The number of amides is 2. The summed E-state index contributed by atoms with van der Waals surface area (Å²) in [4.78, 5) is 17.3. The summed E-state index contributed by atoms with van der Waals surface area (Å²) >= 11 is 12.5. The highest BCUT2D eigenvalue weighted by Gasteiger charge is 2.32. The zero-order chi connectivity index (χ0) is 20.2. The minimum atomic E-state index is 0.165. The number of carbonyl (C=O) groups is 1. The van der Waals surface area contributed by atoms with Crippen molar-refractivity contribution in [2.45, 2.75) is 69.9 Å². The Bertz CT molecular complexity index is 699. The zero-order valence-electron chi connectivity index (χ0n) is 17.2. The van der Waals surface area contributed by atoms with Crippen LogP contribution in [0.15, 0.2) is 18.2 Å². The van der Waals surface area contributed by atoms with Crippen molar-refractivity contribution in [1.82, 2.24) is 15.1 Å². The number of halogens is 2. The molecule has 0 bridgehead atoms. The number of nitrogens with one attached hydrogen (secondary N) is 1. The molecular formula is C23H33Cl2N3O. The molecule has 3 aliphatic rings. The molecule has 160 valence electrons. The molecule has 1 unspecified atom stereocenters. The van der Waals surface area contributed by atoms with Gasteiger partial charge in [0.05, 0.1) is 0 Å². The molecule has 2 aliphatic heterocycles. The van der Waals surface area contributed by atoms with Gasteiger partial charge in [-0.05, 0) is 81.3 Å². The number of carbonyl (C=O) groups excluding carboxylic acids is 1. The second kappa shape index (κ2) is 9.89. The van der Waals surface area contributed by atoms with E-state index in [-0.39, 0.29) is 6.03 Å². The monoisotopic (exact) mass is 437 g/mol. The number of nitrogens with zero attached hydrogens (tertiary/aromatic N) is 2. The summed E-state index contributed by atoms with van der Waals surface area (Å²) in [5.41, 5.74) is 1.17. The molecule has 4 rings (SSSR count). The fraction of sp³-hybridized carbons (Fsp3) is 0.696. The molecule has 4 nitrogen and oxygen atoms in total. The van der Waals surface area contributed by atoms with Crippen molar-refractivity contribution in [3.63, 3.8) is 0 Å². The fourth-order valence-corrected chi connectivity index (χ4v) is 5.69. The third-order valence-electron chi connectivity index (χ3n) is 7.02. The maximum atomic E-state index is 12.6. The van der Waals surface area contributed by atoms with Gasteiger partial charge in [-0.25, -0.2) is 4.79 Å². The SMILES string of the molecule is O=C1NC(CN2CCC(Cc3cc(Cl)ccc3Cl)CC2)CCN1C1CCCCC1. The summed E-state index contributed by atoms with van der Waals surface area (Å²) in [6.45, 7) is 4.10. The fourth-order valence-electron chi connectivity index (χ4n) is 5.30. The van der Waals surface area contributed by atoms with Crippen LogP contribution in [0.4, 0.5) is 4.79 Å². The maximum absolute atomic E-state index is 12.6. The van der Waals surface area contributed by atoms with Crippen molar-refractivity contribution in [2.75, 3.05) is 26.2 Å². The van der Waals surface area contributed by atoms with Gasteiger partial charge < -0.3 is 15.1 Å². The Morgan fingerprint density at radius 3 is 2.45 bits per heavy atom. The smallest absolute Gasteiger partial charge is 0.317 e. The van der Waals surface area contributed by atoms with E-state index in [1.807, 2.05) is 18.2 Å². The third-order valence-corrected chi connectivity index (χ3v) is 7.63. The van der Waals surface area contributed by atoms with Gasteiger partial charge in [0.25, 0.3) is 0 Å². The van der Waals surface area contributed by atoms with Gasteiger partial charge in [-0.3, -0.25) is 0 Å². The van der Waals surface area contributed by atoms with Gasteiger partial charge in [0.15, 0.2) is 0 Å². The molecule has 1 aromatic rings. The lowest BCUT2D eigenvalue weighted by molar-refractivity contribution is 0.113. The first kappa shape index (κ1) is 21.3. The summed E-state index contributed by atoms with van der Waals surface area (Å²) in [5, 5.41) is 4.87. The third kappa shape index (κ3) is 5.59. The number of urea groups is 1. The van der Waals surface area contributed by atoms with E-state index >= 15 is 0 Å². The molecule has 2 amide bonds. The predicted molar refractivity (Wildman–Crippen MR) is 120 cm³/mol. The minimum absolute atomic E-state index is 0.165. The zero-order valence-corrected chi connectivity index (χ0v) is 18.7. The van der Waals surface area contributed by atoms with Crippen LogP contribution in [-0.2, 0) is 6.42 Å². The lowest BCUT2D eigenvalue weighted by Gasteiger charge is -2.41. The number of hydrogen-bond donors (Lipinski definition) is 1. The summed E-state index contributed by atoms with van der Waals surface area (Å²) in [7, 11) is 0. The van der Waals surface area contributed by atoms with Crippen LogP contribution in [0.2, 0.25) is 10.0 Å². The second-order valence-corrected chi connectivity index (χ2v) is 9.95. The van der Waals surface area contributed by atoms with Gasteiger partial charge >= 0.3 is 6.03 Å². The van der Waals surface area contributed by atoms with E-state index < -0.39 is 0 Å². The van der Waals surface area contributed by atoms with Crippen molar-refractivity contribution in [2.24, 2.45) is 5.92 Å².